The van der Waals surface area contributed by atoms with E-state index in [1.165, 1.54) is 0 Å². The van der Waals surface area contributed by atoms with Crippen LogP contribution in [0.15, 0.2) is 0 Å². The van der Waals surface area contributed by atoms with Crippen molar-refractivity contribution in [3.8, 4) is 0 Å². The average molecular weight is 327 g/mol. The third-order valence-electron chi connectivity index (χ3n) is 4.24. The summed E-state index contributed by atoms with van der Waals surface area (Å²) in [6.07, 6.45) is 4.04. The smallest absolute Gasteiger partial charge is 0.214 e. The Morgan fingerprint density at radius 1 is 1.20 bits per heavy atom. The Kier molecular flexibility index (Phi) is 7.75. The van der Waals surface area contributed by atoms with E-state index in [2.05, 4.69) is 5.32 Å². The molecule has 0 aromatic heterocycles. The molecule has 0 amide bonds. The molecule has 0 aliphatic carbocycles. The molecule has 7 heteroatoms. The van der Waals surface area contributed by atoms with Gasteiger partial charge in [-0.1, -0.05) is 0 Å². The monoisotopic (exact) mass is 326 g/mol. The van der Waals surface area contributed by atoms with E-state index >= 15 is 0 Å². The van der Waals surface area contributed by atoms with Crippen LogP contribution in [-0.2, 0) is 14.8 Å². The first kappa shape index (κ1) is 18.2. The van der Waals surface area contributed by atoms with Gasteiger partial charge in [0, 0.05) is 19.7 Å². The molecule has 20 heavy (non-hydrogen) atoms. The second-order valence-electron chi connectivity index (χ2n) is 5.74. The number of rotatable bonds is 6. The molecule has 2 aliphatic rings. The molecule has 0 saturated carbocycles. The lowest BCUT2D eigenvalue weighted by atomic mass is 9.95. The summed E-state index contributed by atoms with van der Waals surface area (Å²) in [6.45, 7) is 3.75. The first-order valence-electron chi connectivity index (χ1n) is 7.32. The minimum Gasteiger partial charge on any atom is -0.381 e. The molecular formula is C13H27ClN2O3S. The van der Waals surface area contributed by atoms with E-state index in [4.69, 9.17) is 4.74 Å². The number of hydrogen-bond donors (Lipinski definition) is 1. The van der Waals surface area contributed by atoms with Gasteiger partial charge in [-0.25, -0.2) is 12.7 Å². The van der Waals surface area contributed by atoms with Gasteiger partial charge in [-0.3, -0.25) is 0 Å². The first-order chi connectivity index (χ1) is 9.12. The van der Waals surface area contributed by atoms with Crippen molar-refractivity contribution in [2.75, 3.05) is 45.6 Å². The molecule has 1 atom stereocenters. The van der Waals surface area contributed by atoms with Crippen molar-refractivity contribution in [2.24, 2.45) is 11.8 Å². The van der Waals surface area contributed by atoms with E-state index in [1.54, 1.807) is 4.31 Å². The lowest BCUT2D eigenvalue weighted by Crippen LogP contribution is -2.41. The van der Waals surface area contributed by atoms with Crippen LogP contribution in [0, 0.1) is 11.8 Å². The Hall–Kier alpha value is 0.120. The summed E-state index contributed by atoms with van der Waals surface area (Å²) in [5.41, 5.74) is 0. The second kappa shape index (κ2) is 8.54. The lowest BCUT2D eigenvalue weighted by Gasteiger charge is -2.31. The van der Waals surface area contributed by atoms with E-state index in [1.807, 2.05) is 7.05 Å². The largest absolute Gasteiger partial charge is 0.381 e. The molecule has 2 saturated heterocycles. The number of halogens is 1. The molecule has 0 aromatic carbocycles. The maximum Gasteiger partial charge on any atom is 0.214 e. The zero-order valence-electron chi connectivity index (χ0n) is 12.2. The van der Waals surface area contributed by atoms with Crippen molar-refractivity contribution in [1.29, 1.82) is 0 Å². The van der Waals surface area contributed by atoms with Crippen LogP contribution >= 0.6 is 12.4 Å². The summed E-state index contributed by atoms with van der Waals surface area (Å²) in [5.74, 6) is 1.15. The molecule has 0 bridgehead atoms. The molecular weight excluding hydrogens is 300 g/mol. The fourth-order valence-electron chi connectivity index (χ4n) is 2.94. The van der Waals surface area contributed by atoms with Gasteiger partial charge in [0.1, 0.15) is 0 Å². The van der Waals surface area contributed by atoms with Crippen LogP contribution in [0.5, 0.6) is 0 Å². The molecule has 1 unspecified atom stereocenters. The van der Waals surface area contributed by atoms with Crippen molar-refractivity contribution in [3.05, 3.63) is 0 Å². The van der Waals surface area contributed by atoms with Gasteiger partial charge in [0.25, 0.3) is 0 Å². The number of nitrogens with zero attached hydrogens (tertiary/aromatic N) is 1. The molecule has 0 aromatic rings. The van der Waals surface area contributed by atoms with Gasteiger partial charge < -0.3 is 10.1 Å². The van der Waals surface area contributed by atoms with Gasteiger partial charge in [-0.2, -0.15) is 0 Å². The third-order valence-corrected chi connectivity index (χ3v) is 6.28. The zero-order valence-corrected chi connectivity index (χ0v) is 13.8. The summed E-state index contributed by atoms with van der Waals surface area (Å²) in [5, 5.41) is 3.16. The Balaban J connectivity index is 0.00000200. The van der Waals surface area contributed by atoms with Crippen LogP contribution in [0.4, 0.5) is 0 Å². The van der Waals surface area contributed by atoms with Crippen molar-refractivity contribution in [1.82, 2.24) is 9.62 Å². The summed E-state index contributed by atoms with van der Waals surface area (Å²) < 4.78 is 31.6. The molecule has 2 rings (SSSR count). The highest BCUT2D eigenvalue weighted by Crippen LogP contribution is 2.24. The van der Waals surface area contributed by atoms with Crippen molar-refractivity contribution < 1.29 is 13.2 Å². The standard InChI is InChI=1S/C13H26N2O3S.ClH/c1-14-6-2-12-3-7-15(8-4-12)19(16,17)11-13-5-9-18-10-13;/h12-14H,2-11H2,1H3;1H. The number of piperidine rings is 1. The van der Waals surface area contributed by atoms with Gasteiger partial charge in [0.2, 0.25) is 10.0 Å². The van der Waals surface area contributed by atoms with Crippen LogP contribution in [0.1, 0.15) is 25.7 Å². The number of hydrogen-bond acceptors (Lipinski definition) is 4. The molecule has 5 nitrogen and oxygen atoms in total. The van der Waals surface area contributed by atoms with Crippen LogP contribution in [0.25, 0.3) is 0 Å². The maximum absolute atomic E-state index is 12.3. The molecule has 0 spiro atoms. The normalized spacial score (nSPS) is 25.6. The summed E-state index contributed by atoms with van der Waals surface area (Å²) in [6, 6.07) is 0. The van der Waals surface area contributed by atoms with Crippen LogP contribution in [-0.4, -0.2) is 58.4 Å². The second-order valence-corrected chi connectivity index (χ2v) is 7.76. The van der Waals surface area contributed by atoms with E-state index in [0.717, 1.165) is 32.2 Å². The van der Waals surface area contributed by atoms with Crippen LogP contribution < -0.4 is 5.32 Å². The Morgan fingerprint density at radius 2 is 1.90 bits per heavy atom. The van der Waals surface area contributed by atoms with Gasteiger partial charge in [-0.05, 0) is 51.1 Å². The number of ether oxygens (including phenoxy) is 1. The minimum atomic E-state index is -3.07. The molecule has 0 radical (unpaired) electrons. The topological polar surface area (TPSA) is 58.6 Å². The summed E-state index contributed by atoms with van der Waals surface area (Å²) in [4.78, 5) is 0. The highest BCUT2D eigenvalue weighted by molar-refractivity contribution is 7.89. The van der Waals surface area contributed by atoms with Gasteiger partial charge in [-0.15, -0.1) is 12.4 Å². The average Bonchev–Trinajstić information content (AvgIpc) is 2.89. The van der Waals surface area contributed by atoms with Crippen molar-refractivity contribution in [3.63, 3.8) is 0 Å². The van der Waals surface area contributed by atoms with E-state index in [-0.39, 0.29) is 24.1 Å². The Bertz CT molecular complexity index is 364. The lowest BCUT2D eigenvalue weighted by molar-refractivity contribution is 0.188. The zero-order chi connectivity index (χ0) is 13.7. The van der Waals surface area contributed by atoms with Crippen molar-refractivity contribution >= 4 is 22.4 Å². The molecule has 2 heterocycles. The predicted molar refractivity (Wildman–Crippen MR) is 82.8 cm³/mol. The van der Waals surface area contributed by atoms with E-state index in [0.29, 0.717) is 32.2 Å². The van der Waals surface area contributed by atoms with Gasteiger partial charge in [0.15, 0.2) is 0 Å². The van der Waals surface area contributed by atoms with E-state index < -0.39 is 10.0 Å². The SMILES string of the molecule is CNCCC1CCN(S(=O)(=O)CC2CCOC2)CC1.Cl. The maximum atomic E-state index is 12.3. The van der Waals surface area contributed by atoms with Crippen LogP contribution in [0.3, 0.4) is 0 Å². The third kappa shape index (κ3) is 5.15. The first-order valence-corrected chi connectivity index (χ1v) is 8.93. The van der Waals surface area contributed by atoms with Crippen molar-refractivity contribution in [2.45, 2.75) is 25.7 Å². The summed E-state index contributed by atoms with van der Waals surface area (Å²) >= 11 is 0. The molecule has 2 aliphatic heterocycles. The Morgan fingerprint density at radius 3 is 2.45 bits per heavy atom. The molecule has 2 fully saturated rings. The Labute approximate surface area is 128 Å². The highest BCUT2D eigenvalue weighted by atomic mass is 35.5. The fraction of sp³-hybridized carbons (Fsp3) is 1.00. The number of nitrogens with one attached hydrogen (secondary N) is 1. The van der Waals surface area contributed by atoms with E-state index in [9.17, 15) is 8.42 Å². The summed E-state index contributed by atoms with van der Waals surface area (Å²) in [7, 11) is -1.11. The molecule has 1 N–H and O–H groups in total. The predicted octanol–water partition coefficient (Wildman–Crippen LogP) is 1.10. The van der Waals surface area contributed by atoms with Gasteiger partial charge >= 0.3 is 0 Å². The molecule has 120 valence electrons. The fourth-order valence-corrected chi connectivity index (χ4v) is 4.78. The highest BCUT2D eigenvalue weighted by Gasteiger charge is 2.31. The van der Waals surface area contributed by atoms with Crippen LogP contribution in [0.2, 0.25) is 0 Å². The number of sulfonamides is 1. The van der Waals surface area contributed by atoms with Gasteiger partial charge in [0.05, 0.1) is 12.4 Å². The quantitative estimate of drug-likeness (QED) is 0.794. The minimum absolute atomic E-state index is 0.